The highest BCUT2D eigenvalue weighted by Crippen LogP contribution is 2.34. The number of pyridine rings is 3. The predicted molar refractivity (Wildman–Crippen MR) is 133 cm³/mol. The molecule has 9 nitrogen and oxygen atoms in total. The first-order valence-corrected chi connectivity index (χ1v) is 13.7. The van der Waals surface area contributed by atoms with Crippen molar-refractivity contribution in [1.82, 2.24) is 24.8 Å². The Labute approximate surface area is 201 Å². The van der Waals surface area contributed by atoms with Crippen LogP contribution in [0.25, 0.3) is 20.8 Å². The fraction of sp³-hybridized carbons (Fsp3) is 0.304. The molecule has 34 heavy (non-hydrogen) atoms. The number of thiazole rings is 1. The number of rotatable bonds is 5. The maximum absolute atomic E-state index is 11.9. The summed E-state index contributed by atoms with van der Waals surface area (Å²) in [6, 6.07) is 10.6. The number of likely N-dealkylation sites (tertiary alicyclic amines) is 1. The summed E-state index contributed by atoms with van der Waals surface area (Å²) in [5.74, 6) is 2.38. The smallest absolute Gasteiger partial charge is 0.177 e. The SMILES string of the molecule is CN1C[C@@H]2C[C@H]1CN2c1cccc(Nc2cc3nc(-c4cncc(S(C)(=O)=O)c4)sc3cn2)n1. The van der Waals surface area contributed by atoms with E-state index in [1.165, 1.54) is 30.2 Å². The van der Waals surface area contributed by atoms with Crippen molar-refractivity contribution < 1.29 is 8.42 Å². The minimum Gasteiger partial charge on any atom is -0.351 e. The number of aromatic nitrogens is 4. The van der Waals surface area contributed by atoms with Gasteiger partial charge in [0.05, 0.1) is 15.1 Å². The van der Waals surface area contributed by atoms with E-state index in [-0.39, 0.29) is 4.90 Å². The van der Waals surface area contributed by atoms with Crippen molar-refractivity contribution in [2.45, 2.75) is 23.4 Å². The van der Waals surface area contributed by atoms with Gasteiger partial charge in [-0.05, 0) is 31.7 Å². The van der Waals surface area contributed by atoms with Crippen molar-refractivity contribution in [3.8, 4) is 10.6 Å². The van der Waals surface area contributed by atoms with Gasteiger partial charge in [-0.1, -0.05) is 6.07 Å². The summed E-state index contributed by atoms with van der Waals surface area (Å²) in [6.07, 6.45) is 7.11. The number of fused-ring (bicyclic) bond motifs is 3. The third-order valence-corrected chi connectivity index (χ3v) is 8.60. The molecule has 2 aliphatic heterocycles. The van der Waals surface area contributed by atoms with Crippen LogP contribution in [0.1, 0.15) is 6.42 Å². The molecule has 1 N–H and O–H groups in total. The van der Waals surface area contributed by atoms with E-state index >= 15 is 0 Å². The quantitative estimate of drug-likeness (QED) is 0.449. The average Bonchev–Trinajstić information content (AvgIpc) is 3.52. The summed E-state index contributed by atoms with van der Waals surface area (Å²) >= 11 is 1.45. The van der Waals surface area contributed by atoms with Crippen LogP contribution in [-0.4, -0.2) is 71.7 Å². The molecule has 0 spiro atoms. The van der Waals surface area contributed by atoms with Crippen molar-refractivity contribution in [1.29, 1.82) is 0 Å². The number of hydrogen-bond donors (Lipinski definition) is 1. The van der Waals surface area contributed by atoms with Crippen LogP contribution in [0.4, 0.5) is 17.5 Å². The molecule has 2 bridgehead atoms. The molecule has 174 valence electrons. The zero-order valence-corrected chi connectivity index (χ0v) is 20.3. The molecule has 4 aromatic heterocycles. The van der Waals surface area contributed by atoms with E-state index in [9.17, 15) is 8.42 Å². The van der Waals surface area contributed by atoms with E-state index in [4.69, 9.17) is 9.97 Å². The second kappa shape index (κ2) is 7.97. The topological polar surface area (TPSA) is 104 Å². The summed E-state index contributed by atoms with van der Waals surface area (Å²) in [7, 11) is -1.15. The summed E-state index contributed by atoms with van der Waals surface area (Å²) in [4.78, 5) is 23.1. The number of anilines is 3. The molecule has 0 aromatic carbocycles. The van der Waals surface area contributed by atoms with Gasteiger partial charge in [-0.2, -0.15) is 0 Å². The van der Waals surface area contributed by atoms with E-state index in [2.05, 4.69) is 38.2 Å². The Hall–Kier alpha value is -3.15. The van der Waals surface area contributed by atoms with E-state index < -0.39 is 9.84 Å². The van der Waals surface area contributed by atoms with Crippen LogP contribution in [0.3, 0.4) is 0 Å². The monoisotopic (exact) mass is 493 g/mol. The average molecular weight is 494 g/mol. The van der Waals surface area contributed by atoms with Crippen molar-refractivity contribution in [3.05, 3.63) is 48.9 Å². The molecule has 2 fully saturated rings. The molecule has 4 aromatic rings. The Bertz CT molecular complexity index is 1500. The van der Waals surface area contributed by atoms with Gasteiger partial charge in [0.25, 0.3) is 0 Å². The Kier molecular flexibility index (Phi) is 5.01. The van der Waals surface area contributed by atoms with Crippen molar-refractivity contribution in [2.24, 2.45) is 0 Å². The summed E-state index contributed by atoms with van der Waals surface area (Å²) in [5.41, 5.74) is 1.44. The van der Waals surface area contributed by atoms with Gasteiger partial charge in [0.1, 0.15) is 22.5 Å². The lowest BCUT2D eigenvalue weighted by molar-refractivity contribution is 0.292. The van der Waals surface area contributed by atoms with E-state index in [1.807, 2.05) is 18.2 Å². The second-order valence-corrected chi connectivity index (χ2v) is 11.9. The first-order valence-electron chi connectivity index (χ1n) is 11.0. The largest absolute Gasteiger partial charge is 0.351 e. The van der Waals surface area contributed by atoms with Gasteiger partial charge in [0.2, 0.25) is 0 Å². The molecular weight excluding hydrogens is 470 g/mol. The summed E-state index contributed by atoms with van der Waals surface area (Å²) < 4.78 is 24.7. The molecule has 6 heterocycles. The molecule has 0 radical (unpaired) electrons. The van der Waals surface area contributed by atoms with Crippen molar-refractivity contribution in [3.63, 3.8) is 0 Å². The van der Waals surface area contributed by atoms with Gasteiger partial charge in [0, 0.05) is 61.6 Å². The molecule has 2 aliphatic rings. The fourth-order valence-electron chi connectivity index (χ4n) is 4.70. The Morgan fingerprint density at radius 3 is 2.71 bits per heavy atom. The van der Waals surface area contributed by atoms with Gasteiger partial charge in [0.15, 0.2) is 9.84 Å². The number of nitrogens with zero attached hydrogens (tertiary/aromatic N) is 6. The third-order valence-electron chi connectivity index (χ3n) is 6.46. The Morgan fingerprint density at radius 2 is 1.94 bits per heavy atom. The summed E-state index contributed by atoms with van der Waals surface area (Å²) in [5, 5.41) is 4.00. The minimum absolute atomic E-state index is 0.175. The normalized spacial score (nSPS) is 20.4. The molecule has 11 heteroatoms. The van der Waals surface area contributed by atoms with E-state index in [0.717, 1.165) is 34.9 Å². The molecule has 0 unspecified atom stereocenters. The highest BCUT2D eigenvalue weighted by molar-refractivity contribution is 7.90. The van der Waals surface area contributed by atoms with E-state index in [1.54, 1.807) is 18.5 Å². The molecule has 0 saturated carbocycles. The van der Waals surface area contributed by atoms with Crippen LogP contribution in [0.15, 0.2) is 53.8 Å². The molecular formula is C23H23N7O2S2. The highest BCUT2D eigenvalue weighted by Gasteiger charge is 2.41. The van der Waals surface area contributed by atoms with Gasteiger partial charge in [-0.15, -0.1) is 11.3 Å². The fourth-order valence-corrected chi connectivity index (χ4v) is 6.19. The zero-order valence-electron chi connectivity index (χ0n) is 18.7. The van der Waals surface area contributed by atoms with Gasteiger partial charge in [-0.25, -0.2) is 23.4 Å². The maximum atomic E-state index is 11.9. The molecule has 0 aliphatic carbocycles. The number of sulfone groups is 1. The summed E-state index contributed by atoms with van der Waals surface area (Å²) in [6.45, 7) is 2.09. The van der Waals surface area contributed by atoms with Gasteiger partial charge < -0.3 is 10.2 Å². The van der Waals surface area contributed by atoms with Gasteiger partial charge >= 0.3 is 0 Å². The van der Waals surface area contributed by atoms with E-state index in [0.29, 0.717) is 28.5 Å². The molecule has 2 saturated heterocycles. The zero-order chi connectivity index (χ0) is 23.4. The number of piperazine rings is 1. The van der Waals surface area contributed by atoms with Crippen molar-refractivity contribution in [2.75, 3.05) is 36.6 Å². The maximum Gasteiger partial charge on any atom is 0.177 e. The Morgan fingerprint density at radius 1 is 1.06 bits per heavy atom. The van der Waals surface area contributed by atoms with Crippen LogP contribution in [-0.2, 0) is 9.84 Å². The van der Waals surface area contributed by atoms with Crippen LogP contribution >= 0.6 is 11.3 Å². The number of nitrogens with one attached hydrogen (secondary N) is 1. The molecule has 2 atom stereocenters. The predicted octanol–water partition coefficient (Wildman–Crippen LogP) is 3.19. The van der Waals surface area contributed by atoms with Crippen molar-refractivity contribution >= 4 is 48.8 Å². The lowest BCUT2D eigenvalue weighted by Gasteiger charge is -2.32. The van der Waals surface area contributed by atoms with Crippen LogP contribution < -0.4 is 10.2 Å². The number of hydrogen-bond acceptors (Lipinski definition) is 10. The van der Waals surface area contributed by atoms with Crippen LogP contribution in [0.2, 0.25) is 0 Å². The number of likely N-dealkylation sites (N-methyl/N-ethyl adjacent to an activating group) is 1. The second-order valence-electron chi connectivity index (χ2n) is 8.88. The lowest BCUT2D eigenvalue weighted by Crippen LogP contribution is -2.44. The highest BCUT2D eigenvalue weighted by atomic mass is 32.2. The first-order chi connectivity index (χ1) is 16.3. The minimum atomic E-state index is -3.34. The lowest BCUT2D eigenvalue weighted by atomic mass is 10.2. The first kappa shape index (κ1) is 21.4. The molecule has 6 rings (SSSR count). The standard InChI is InChI=1S/C23H23N7O2S2/c1-29-12-16-7-15(29)13-30(16)22-5-3-4-20(28-22)27-21-8-18-19(11-25-21)33-23(26-18)14-6-17(10-24-9-14)34(2,31)32/h3-6,8-11,15-16H,7,12-13H2,1-2H3,(H,25,27,28)/t15-,16-/m0/s1. The van der Waals surface area contributed by atoms with Crippen LogP contribution in [0, 0.1) is 0 Å². The van der Waals surface area contributed by atoms with Gasteiger partial charge in [-0.3, -0.25) is 9.88 Å². The van der Waals surface area contributed by atoms with Crippen LogP contribution in [0.5, 0.6) is 0 Å². The Balaban J connectivity index is 1.25. The third kappa shape index (κ3) is 3.89. The molecule has 0 amide bonds.